The van der Waals surface area contributed by atoms with Crippen LogP contribution in [0.3, 0.4) is 0 Å². The second-order valence-corrected chi connectivity index (χ2v) is 10.1. The van der Waals surface area contributed by atoms with Crippen molar-refractivity contribution in [3.8, 4) is 22.5 Å². The number of carbonyl (C=O) groups is 1. The van der Waals surface area contributed by atoms with E-state index in [1.807, 2.05) is 74.5 Å². The van der Waals surface area contributed by atoms with E-state index >= 15 is 0 Å². The fourth-order valence-electron chi connectivity index (χ4n) is 3.54. The number of benzene rings is 3. The number of fused-ring (bicyclic) bond motifs is 1. The summed E-state index contributed by atoms with van der Waals surface area (Å²) in [5.74, 6) is -0.102. The average Bonchev–Trinajstić information content (AvgIpc) is 3.43. The van der Waals surface area contributed by atoms with Crippen molar-refractivity contribution in [3.05, 3.63) is 84.4 Å². The minimum absolute atomic E-state index is 0.102. The summed E-state index contributed by atoms with van der Waals surface area (Å²) < 4.78 is 1.07. The van der Waals surface area contributed by atoms with Crippen LogP contribution >= 0.6 is 23.1 Å². The lowest BCUT2D eigenvalue weighted by Gasteiger charge is -2.08. The predicted molar refractivity (Wildman–Crippen MR) is 138 cm³/mol. The Kier molecular flexibility index (Phi) is 5.98. The summed E-state index contributed by atoms with van der Waals surface area (Å²) >= 11 is 2.89. The summed E-state index contributed by atoms with van der Waals surface area (Å²) in [6, 6.07) is 26.3. The SMILES string of the molecule is Cc1ccc2nc(NC(=O)C(C)Sc3nc(-c4ccccc4)c(-c4ccccc4)[nH]3)sc2c1. The molecule has 3 aromatic carbocycles. The van der Waals surface area contributed by atoms with Crippen molar-refractivity contribution in [3.63, 3.8) is 0 Å². The molecule has 5 aromatic rings. The number of hydrogen-bond acceptors (Lipinski definition) is 5. The van der Waals surface area contributed by atoms with Crippen molar-refractivity contribution in [2.24, 2.45) is 0 Å². The molecule has 0 spiro atoms. The van der Waals surface area contributed by atoms with E-state index in [0.717, 1.165) is 32.7 Å². The van der Waals surface area contributed by atoms with Gasteiger partial charge >= 0.3 is 0 Å². The minimum Gasteiger partial charge on any atom is -0.332 e. The first-order valence-electron chi connectivity index (χ1n) is 10.6. The molecule has 0 fully saturated rings. The highest BCUT2D eigenvalue weighted by Crippen LogP contribution is 2.34. The van der Waals surface area contributed by atoms with E-state index in [1.54, 1.807) is 0 Å². The number of hydrogen-bond donors (Lipinski definition) is 2. The Bertz CT molecular complexity index is 1350. The van der Waals surface area contributed by atoms with Crippen molar-refractivity contribution in [2.75, 3.05) is 5.32 Å². The first-order valence-corrected chi connectivity index (χ1v) is 12.3. The molecular weight excluding hydrogens is 448 g/mol. The summed E-state index contributed by atoms with van der Waals surface area (Å²) in [6.45, 7) is 3.93. The van der Waals surface area contributed by atoms with Gasteiger partial charge in [0.05, 0.1) is 26.9 Å². The van der Waals surface area contributed by atoms with Gasteiger partial charge in [-0.25, -0.2) is 9.97 Å². The lowest BCUT2D eigenvalue weighted by Crippen LogP contribution is -2.22. The first kappa shape index (κ1) is 21.4. The van der Waals surface area contributed by atoms with Crippen molar-refractivity contribution in [1.82, 2.24) is 15.0 Å². The Balaban J connectivity index is 1.37. The van der Waals surface area contributed by atoms with E-state index in [4.69, 9.17) is 4.98 Å². The zero-order valence-corrected chi connectivity index (χ0v) is 19.8. The number of H-pyrrole nitrogens is 1. The molecule has 5 nitrogen and oxygen atoms in total. The number of aromatic amines is 1. The molecule has 2 heterocycles. The van der Waals surface area contributed by atoms with Gasteiger partial charge in [-0.1, -0.05) is 89.8 Å². The van der Waals surface area contributed by atoms with Gasteiger partial charge in [0.15, 0.2) is 10.3 Å². The number of nitrogens with zero attached hydrogens (tertiary/aromatic N) is 2. The number of rotatable bonds is 6. The molecule has 0 saturated heterocycles. The molecule has 1 amide bonds. The zero-order chi connectivity index (χ0) is 22.8. The van der Waals surface area contributed by atoms with Crippen molar-refractivity contribution < 1.29 is 4.79 Å². The number of aryl methyl sites for hydroxylation is 1. The lowest BCUT2D eigenvalue weighted by atomic mass is 10.1. The van der Waals surface area contributed by atoms with E-state index in [1.165, 1.54) is 28.7 Å². The van der Waals surface area contributed by atoms with E-state index in [0.29, 0.717) is 10.3 Å². The fourth-order valence-corrected chi connectivity index (χ4v) is 5.31. The highest BCUT2D eigenvalue weighted by Gasteiger charge is 2.21. The van der Waals surface area contributed by atoms with Crippen LogP contribution in [0, 0.1) is 6.92 Å². The van der Waals surface area contributed by atoms with E-state index in [2.05, 4.69) is 33.5 Å². The lowest BCUT2D eigenvalue weighted by molar-refractivity contribution is -0.115. The Labute approximate surface area is 200 Å². The number of thiazole rings is 1. The second-order valence-electron chi connectivity index (χ2n) is 7.74. The van der Waals surface area contributed by atoms with Crippen LogP contribution in [0.1, 0.15) is 12.5 Å². The molecule has 0 radical (unpaired) electrons. The summed E-state index contributed by atoms with van der Waals surface area (Å²) in [6.07, 6.45) is 0. The number of thioether (sulfide) groups is 1. The molecule has 1 unspecified atom stereocenters. The second kappa shape index (κ2) is 9.21. The molecule has 0 aliphatic heterocycles. The largest absolute Gasteiger partial charge is 0.332 e. The number of aromatic nitrogens is 3. The molecule has 0 bridgehead atoms. The molecule has 0 saturated carbocycles. The molecule has 0 aliphatic rings. The van der Waals surface area contributed by atoms with E-state index in [9.17, 15) is 4.79 Å². The van der Waals surface area contributed by atoms with E-state index in [-0.39, 0.29) is 11.2 Å². The highest BCUT2D eigenvalue weighted by molar-refractivity contribution is 8.00. The topological polar surface area (TPSA) is 70.7 Å². The molecular formula is C26H22N4OS2. The molecule has 33 heavy (non-hydrogen) atoms. The standard InChI is InChI=1S/C26H22N4OS2/c1-16-13-14-20-21(15-16)33-25(27-20)30-24(31)17(2)32-26-28-22(18-9-5-3-6-10-18)23(29-26)19-11-7-4-8-12-19/h3-15,17H,1-2H3,(H,28,29)(H,27,30,31). The molecule has 2 N–H and O–H groups in total. The number of carbonyl (C=O) groups excluding carboxylic acids is 1. The Morgan fingerprint density at radius 3 is 2.39 bits per heavy atom. The summed E-state index contributed by atoms with van der Waals surface area (Å²) in [4.78, 5) is 25.7. The van der Waals surface area contributed by atoms with E-state index < -0.39 is 0 Å². The molecule has 1 atom stereocenters. The first-order chi connectivity index (χ1) is 16.1. The van der Waals surface area contributed by atoms with Gasteiger partial charge in [0.25, 0.3) is 0 Å². The van der Waals surface area contributed by atoms with Crippen LogP contribution in [0.2, 0.25) is 0 Å². The molecule has 2 aromatic heterocycles. The maximum Gasteiger partial charge on any atom is 0.239 e. The third-order valence-electron chi connectivity index (χ3n) is 5.22. The maximum atomic E-state index is 12.9. The zero-order valence-electron chi connectivity index (χ0n) is 18.2. The van der Waals surface area contributed by atoms with Gasteiger partial charge in [-0.15, -0.1) is 0 Å². The van der Waals surface area contributed by atoms with Crippen LogP contribution in [0.25, 0.3) is 32.7 Å². The fraction of sp³-hybridized carbons (Fsp3) is 0.115. The number of anilines is 1. The number of imidazole rings is 1. The van der Waals surface area contributed by atoms with Crippen LogP contribution in [-0.2, 0) is 4.79 Å². The van der Waals surface area contributed by atoms with Crippen molar-refractivity contribution in [2.45, 2.75) is 24.3 Å². The highest BCUT2D eigenvalue weighted by atomic mass is 32.2. The third kappa shape index (κ3) is 4.69. The Hall–Kier alpha value is -3.42. The van der Waals surface area contributed by atoms with Crippen molar-refractivity contribution >= 4 is 44.4 Å². The summed E-state index contributed by atoms with van der Waals surface area (Å²) in [5.41, 5.74) is 5.97. The molecule has 0 aliphatic carbocycles. The van der Waals surface area contributed by atoms with Crippen LogP contribution in [0.4, 0.5) is 5.13 Å². The van der Waals surface area contributed by atoms with Crippen LogP contribution < -0.4 is 5.32 Å². The quantitative estimate of drug-likeness (QED) is 0.268. The monoisotopic (exact) mass is 470 g/mol. The van der Waals surface area contributed by atoms with Crippen LogP contribution in [-0.4, -0.2) is 26.1 Å². The molecule has 5 rings (SSSR count). The summed E-state index contributed by atoms with van der Waals surface area (Å²) in [5, 5.41) is 3.93. The van der Waals surface area contributed by atoms with Gasteiger partial charge in [0.2, 0.25) is 5.91 Å². The van der Waals surface area contributed by atoms with Gasteiger partial charge in [-0.2, -0.15) is 0 Å². The van der Waals surface area contributed by atoms with Gasteiger partial charge in [0.1, 0.15) is 0 Å². The van der Waals surface area contributed by atoms with Gasteiger partial charge in [0, 0.05) is 11.1 Å². The maximum absolute atomic E-state index is 12.9. The molecule has 7 heteroatoms. The Morgan fingerprint density at radius 2 is 1.67 bits per heavy atom. The van der Waals surface area contributed by atoms with Crippen LogP contribution in [0.15, 0.2) is 84.0 Å². The average molecular weight is 471 g/mol. The van der Waals surface area contributed by atoms with Gasteiger partial charge in [-0.3, -0.25) is 4.79 Å². The van der Waals surface area contributed by atoms with Crippen molar-refractivity contribution in [1.29, 1.82) is 0 Å². The molecule has 164 valence electrons. The number of nitrogens with one attached hydrogen (secondary N) is 2. The van der Waals surface area contributed by atoms with Crippen LogP contribution in [0.5, 0.6) is 0 Å². The number of amides is 1. The predicted octanol–water partition coefficient (Wildman–Crippen LogP) is 6.78. The van der Waals surface area contributed by atoms with Gasteiger partial charge < -0.3 is 10.3 Å². The third-order valence-corrected chi connectivity index (χ3v) is 7.14. The Morgan fingerprint density at radius 1 is 0.970 bits per heavy atom. The smallest absolute Gasteiger partial charge is 0.239 e. The normalized spacial score (nSPS) is 12.1. The van der Waals surface area contributed by atoms with Gasteiger partial charge in [-0.05, 0) is 31.5 Å². The summed E-state index contributed by atoms with van der Waals surface area (Å²) in [7, 11) is 0. The minimum atomic E-state index is -0.350.